The molecule has 2 aliphatic rings. The molecular formula is C20H29N2O4+. The Morgan fingerprint density at radius 3 is 2.62 bits per heavy atom. The summed E-state index contributed by atoms with van der Waals surface area (Å²) in [5, 5.41) is 12.1. The summed E-state index contributed by atoms with van der Waals surface area (Å²) in [7, 11) is 3.72. The lowest BCUT2D eigenvalue weighted by molar-refractivity contribution is -0.912. The minimum Gasteiger partial charge on any atom is -0.497 e. The van der Waals surface area contributed by atoms with Crippen molar-refractivity contribution in [1.29, 1.82) is 0 Å². The number of nitrogens with one attached hydrogen (secondary N) is 1. The van der Waals surface area contributed by atoms with E-state index in [0.717, 1.165) is 53.8 Å². The molecule has 1 spiro atoms. The molecule has 0 amide bonds. The van der Waals surface area contributed by atoms with Crippen LogP contribution in [0.1, 0.15) is 30.2 Å². The number of ether oxygens (including phenoxy) is 3. The fraction of sp³-hybridized carbons (Fsp3) is 0.600. The van der Waals surface area contributed by atoms with Gasteiger partial charge in [-0.2, -0.15) is 0 Å². The highest BCUT2D eigenvalue weighted by atomic mass is 16.7. The Bertz CT molecular complexity index is 785. The van der Waals surface area contributed by atoms with Gasteiger partial charge in [0.15, 0.2) is 5.79 Å². The smallest absolute Gasteiger partial charge is 0.179 e. The van der Waals surface area contributed by atoms with Crippen molar-refractivity contribution in [3.63, 3.8) is 0 Å². The number of rotatable bonds is 4. The number of fused-ring (bicyclic) bond motifs is 1. The predicted molar refractivity (Wildman–Crippen MR) is 98.6 cm³/mol. The van der Waals surface area contributed by atoms with Gasteiger partial charge in [-0.15, -0.1) is 0 Å². The van der Waals surface area contributed by atoms with Crippen LogP contribution in [0, 0.1) is 6.92 Å². The maximum Gasteiger partial charge on any atom is 0.179 e. The molecule has 2 fully saturated rings. The van der Waals surface area contributed by atoms with Gasteiger partial charge in [-0.05, 0) is 25.1 Å². The molecule has 0 unspecified atom stereocenters. The molecule has 6 heteroatoms. The van der Waals surface area contributed by atoms with E-state index >= 15 is 0 Å². The van der Waals surface area contributed by atoms with Gasteiger partial charge in [-0.25, -0.2) is 0 Å². The number of hydrogen-bond acceptors (Lipinski definition) is 4. The summed E-state index contributed by atoms with van der Waals surface area (Å²) in [4.78, 5) is 1.40. The number of piperidine rings is 1. The van der Waals surface area contributed by atoms with Gasteiger partial charge < -0.3 is 28.8 Å². The molecule has 2 aromatic rings. The molecule has 0 aliphatic carbocycles. The summed E-state index contributed by atoms with van der Waals surface area (Å²) < 4.78 is 19.2. The van der Waals surface area contributed by atoms with Crippen LogP contribution in [-0.2, 0) is 16.5 Å². The van der Waals surface area contributed by atoms with Crippen molar-refractivity contribution in [2.75, 3.05) is 40.0 Å². The van der Waals surface area contributed by atoms with Crippen molar-refractivity contribution in [1.82, 2.24) is 4.57 Å². The molecule has 4 rings (SSSR count). The van der Waals surface area contributed by atoms with Crippen LogP contribution in [0.15, 0.2) is 18.2 Å². The Morgan fingerprint density at radius 1 is 1.27 bits per heavy atom. The van der Waals surface area contributed by atoms with E-state index in [0.29, 0.717) is 19.8 Å². The van der Waals surface area contributed by atoms with E-state index in [1.165, 1.54) is 4.90 Å². The normalized spacial score (nSPS) is 21.5. The van der Waals surface area contributed by atoms with E-state index in [1.54, 1.807) is 7.11 Å². The number of aliphatic hydroxyl groups is 1. The number of aliphatic hydroxyl groups excluding tert-OH is 1. The second kappa shape index (κ2) is 6.85. The van der Waals surface area contributed by atoms with Crippen molar-refractivity contribution in [2.45, 2.75) is 31.7 Å². The van der Waals surface area contributed by atoms with Gasteiger partial charge in [0.2, 0.25) is 0 Å². The molecule has 1 aromatic heterocycles. The van der Waals surface area contributed by atoms with E-state index in [9.17, 15) is 5.11 Å². The first kappa shape index (κ1) is 17.8. The number of likely N-dealkylation sites (tertiary alicyclic amines) is 1. The molecule has 6 nitrogen and oxygen atoms in total. The molecular weight excluding hydrogens is 332 g/mol. The van der Waals surface area contributed by atoms with Crippen LogP contribution in [-0.4, -0.2) is 55.4 Å². The lowest BCUT2D eigenvalue weighted by atomic mass is 10.0. The Kier molecular flexibility index (Phi) is 4.69. The first-order valence-corrected chi connectivity index (χ1v) is 9.45. The molecule has 26 heavy (non-hydrogen) atoms. The zero-order valence-corrected chi connectivity index (χ0v) is 15.9. The Labute approximate surface area is 154 Å². The zero-order valence-electron chi connectivity index (χ0n) is 15.9. The van der Waals surface area contributed by atoms with Crippen LogP contribution in [0.4, 0.5) is 0 Å². The zero-order chi connectivity index (χ0) is 18.3. The van der Waals surface area contributed by atoms with Crippen molar-refractivity contribution in [3.8, 4) is 5.75 Å². The van der Waals surface area contributed by atoms with Gasteiger partial charge in [0.05, 0.1) is 46.3 Å². The standard InChI is InChI=1S/C20H28N2O4/c1-14-19(16-12-15(24-3)4-5-17(16)21(14)2)18(23)13-22-8-6-20(7-9-22)25-10-11-26-20/h4-5,12,18,23H,6-11,13H2,1-3H3/p+1/t18-/m1/s1. The Hall–Kier alpha value is -1.60. The Balaban J connectivity index is 1.53. The second-order valence-corrected chi connectivity index (χ2v) is 7.52. The van der Waals surface area contributed by atoms with Crippen molar-refractivity contribution < 1.29 is 24.2 Å². The number of hydrogen-bond donors (Lipinski definition) is 2. The van der Waals surface area contributed by atoms with E-state index in [1.807, 2.05) is 19.2 Å². The fourth-order valence-corrected chi connectivity index (χ4v) is 4.48. The maximum absolute atomic E-state index is 11.0. The number of quaternary nitrogens is 1. The van der Waals surface area contributed by atoms with Crippen LogP contribution in [0.2, 0.25) is 0 Å². The summed E-state index contributed by atoms with van der Waals surface area (Å²) in [5.41, 5.74) is 3.25. The number of aryl methyl sites for hydroxylation is 1. The third-order valence-electron chi connectivity index (χ3n) is 6.10. The highest BCUT2D eigenvalue weighted by Gasteiger charge is 2.42. The lowest BCUT2D eigenvalue weighted by Crippen LogP contribution is -3.14. The highest BCUT2D eigenvalue weighted by molar-refractivity contribution is 5.87. The summed E-state index contributed by atoms with van der Waals surface area (Å²) in [6.07, 6.45) is 1.30. The molecule has 0 radical (unpaired) electrons. The molecule has 0 bridgehead atoms. The van der Waals surface area contributed by atoms with E-state index in [2.05, 4.69) is 17.6 Å². The van der Waals surface area contributed by atoms with Crippen LogP contribution in [0.3, 0.4) is 0 Å². The molecule has 3 heterocycles. The summed E-state index contributed by atoms with van der Waals surface area (Å²) in [5.74, 6) is 0.469. The third kappa shape index (κ3) is 3.01. The molecule has 1 atom stereocenters. The quantitative estimate of drug-likeness (QED) is 0.851. The van der Waals surface area contributed by atoms with Crippen LogP contribution < -0.4 is 9.64 Å². The van der Waals surface area contributed by atoms with Gasteiger partial charge in [0.1, 0.15) is 18.4 Å². The van der Waals surface area contributed by atoms with Crippen LogP contribution >= 0.6 is 0 Å². The Morgan fingerprint density at radius 2 is 1.96 bits per heavy atom. The molecule has 1 aromatic carbocycles. The predicted octanol–water partition coefficient (Wildman–Crippen LogP) is 0.951. The number of benzene rings is 1. The number of nitrogens with zero attached hydrogens (tertiary/aromatic N) is 1. The van der Waals surface area contributed by atoms with Crippen LogP contribution in [0.25, 0.3) is 10.9 Å². The van der Waals surface area contributed by atoms with Crippen LogP contribution in [0.5, 0.6) is 5.75 Å². The first-order chi connectivity index (χ1) is 12.5. The largest absolute Gasteiger partial charge is 0.497 e. The number of methoxy groups -OCH3 is 1. The SMILES string of the molecule is COc1ccc2c(c1)c([C@H](O)C[NH+]1CCC3(CC1)OCCO3)c(C)n2C. The molecule has 2 saturated heterocycles. The van der Waals surface area contributed by atoms with E-state index < -0.39 is 6.10 Å². The van der Waals surface area contributed by atoms with Gasteiger partial charge in [0.25, 0.3) is 0 Å². The van der Waals surface area contributed by atoms with Crippen molar-refractivity contribution in [3.05, 3.63) is 29.5 Å². The summed E-state index contributed by atoms with van der Waals surface area (Å²) >= 11 is 0. The van der Waals surface area contributed by atoms with E-state index in [-0.39, 0.29) is 5.79 Å². The topological polar surface area (TPSA) is 57.3 Å². The number of aromatic nitrogens is 1. The second-order valence-electron chi connectivity index (χ2n) is 7.52. The molecule has 2 N–H and O–H groups in total. The van der Waals surface area contributed by atoms with E-state index in [4.69, 9.17) is 14.2 Å². The lowest BCUT2D eigenvalue weighted by Gasteiger charge is -2.36. The molecule has 0 saturated carbocycles. The average molecular weight is 361 g/mol. The highest BCUT2D eigenvalue weighted by Crippen LogP contribution is 2.32. The third-order valence-corrected chi connectivity index (χ3v) is 6.10. The van der Waals surface area contributed by atoms with Crippen molar-refractivity contribution in [2.24, 2.45) is 7.05 Å². The van der Waals surface area contributed by atoms with Gasteiger partial charge >= 0.3 is 0 Å². The van der Waals surface area contributed by atoms with Gasteiger partial charge in [0, 0.05) is 29.2 Å². The minimum atomic E-state index is -0.500. The van der Waals surface area contributed by atoms with Crippen molar-refractivity contribution >= 4 is 10.9 Å². The summed E-state index contributed by atoms with van der Waals surface area (Å²) in [6.45, 7) is 6.11. The maximum atomic E-state index is 11.0. The van der Waals surface area contributed by atoms with Gasteiger partial charge in [-0.3, -0.25) is 0 Å². The first-order valence-electron chi connectivity index (χ1n) is 9.45. The minimum absolute atomic E-state index is 0.350. The molecule has 142 valence electrons. The monoisotopic (exact) mass is 361 g/mol. The summed E-state index contributed by atoms with van der Waals surface area (Å²) in [6, 6.07) is 6.06. The van der Waals surface area contributed by atoms with Gasteiger partial charge in [-0.1, -0.05) is 0 Å². The average Bonchev–Trinajstić information content (AvgIpc) is 3.20. The molecule has 2 aliphatic heterocycles. The fourth-order valence-electron chi connectivity index (χ4n) is 4.48.